The Kier molecular flexibility index (Phi) is 5.88. The number of carboxylic acid groups (broad SMARTS) is 1. The molecule has 0 spiro atoms. The molecule has 0 aromatic heterocycles. The molecule has 8 nitrogen and oxygen atoms in total. The smallest absolute Gasteiger partial charge is 0.407 e. The molecule has 1 aliphatic carbocycles. The standard InChI is InChI=1S/C24H26N2O6/c1-15(10-11-21(27)26-13-24(31,14-26)22(28)29)25-23(30)32-12-20-18-8-4-2-6-16(18)17-7-3-5-9-19(17)20/h2-9,15,20,31H,10-14H2,1H3,(H,25,30)(H,28,29). The average molecular weight is 438 g/mol. The van der Waals surface area contributed by atoms with Gasteiger partial charge in [-0.3, -0.25) is 4.79 Å². The topological polar surface area (TPSA) is 116 Å². The Morgan fingerprint density at radius 2 is 1.66 bits per heavy atom. The first kappa shape index (κ1) is 21.8. The van der Waals surface area contributed by atoms with E-state index >= 15 is 0 Å². The lowest BCUT2D eigenvalue weighted by molar-refractivity contribution is -0.182. The number of carboxylic acids is 1. The number of likely N-dealkylation sites (tertiary alicyclic amines) is 1. The van der Waals surface area contributed by atoms with Gasteiger partial charge in [0.1, 0.15) is 6.61 Å². The van der Waals surface area contributed by atoms with Crippen LogP contribution in [-0.2, 0) is 14.3 Å². The predicted octanol–water partition coefficient (Wildman–Crippen LogP) is 2.35. The van der Waals surface area contributed by atoms with Gasteiger partial charge in [0.2, 0.25) is 5.91 Å². The second-order valence-electron chi connectivity index (χ2n) is 8.50. The fraction of sp³-hybridized carbons (Fsp3) is 0.375. The van der Waals surface area contributed by atoms with Crippen LogP contribution >= 0.6 is 0 Å². The minimum absolute atomic E-state index is 0.0237. The van der Waals surface area contributed by atoms with Crippen LogP contribution in [0.25, 0.3) is 11.1 Å². The van der Waals surface area contributed by atoms with Crippen molar-refractivity contribution in [1.82, 2.24) is 10.2 Å². The SMILES string of the molecule is CC(CCC(=O)N1CC(O)(C(=O)O)C1)NC(=O)OCC1c2ccccc2-c2ccccc21. The van der Waals surface area contributed by atoms with Crippen molar-refractivity contribution in [3.05, 3.63) is 59.7 Å². The Hall–Kier alpha value is -3.39. The van der Waals surface area contributed by atoms with E-state index in [2.05, 4.69) is 29.6 Å². The number of aliphatic carboxylic acids is 1. The molecule has 1 fully saturated rings. The van der Waals surface area contributed by atoms with E-state index in [1.54, 1.807) is 6.92 Å². The van der Waals surface area contributed by atoms with Gasteiger partial charge in [0.05, 0.1) is 13.1 Å². The lowest BCUT2D eigenvalue weighted by Crippen LogP contribution is -2.67. The van der Waals surface area contributed by atoms with E-state index in [0.717, 1.165) is 22.3 Å². The van der Waals surface area contributed by atoms with Crippen LogP contribution in [0, 0.1) is 0 Å². The molecule has 1 unspecified atom stereocenters. The van der Waals surface area contributed by atoms with Gasteiger partial charge < -0.3 is 25.2 Å². The Balaban J connectivity index is 1.24. The minimum Gasteiger partial charge on any atom is -0.479 e. The molecule has 2 aromatic carbocycles. The number of β-amino-alcohol motifs (C(OH)–C–C–N with tert-alkyl or cyclic N) is 1. The lowest BCUT2D eigenvalue weighted by atomic mass is 9.94. The summed E-state index contributed by atoms with van der Waals surface area (Å²) in [5, 5.41) is 21.3. The van der Waals surface area contributed by atoms with Gasteiger partial charge in [0.25, 0.3) is 0 Å². The van der Waals surface area contributed by atoms with Gasteiger partial charge in [-0.1, -0.05) is 48.5 Å². The van der Waals surface area contributed by atoms with Crippen LogP contribution in [0.5, 0.6) is 0 Å². The average Bonchev–Trinajstić information content (AvgIpc) is 3.07. The highest BCUT2D eigenvalue weighted by atomic mass is 16.5. The summed E-state index contributed by atoms with van der Waals surface area (Å²) >= 11 is 0. The molecule has 32 heavy (non-hydrogen) atoms. The summed E-state index contributed by atoms with van der Waals surface area (Å²) in [4.78, 5) is 36.7. The van der Waals surface area contributed by atoms with E-state index in [1.165, 1.54) is 4.90 Å². The molecule has 2 aliphatic rings. The summed E-state index contributed by atoms with van der Waals surface area (Å²) in [6, 6.07) is 15.9. The van der Waals surface area contributed by atoms with Gasteiger partial charge in [-0.25, -0.2) is 9.59 Å². The van der Waals surface area contributed by atoms with Crippen molar-refractivity contribution in [2.45, 2.75) is 37.3 Å². The highest BCUT2D eigenvalue weighted by molar-refractivity contribution is 5.85. The molecular weight excluding hydrogens is 412 g/mol. The fourth-order valence-corrected chi connectivity index (χ4v) is 4.31. The number of ether oxygens (including phenoxy) is 1. The maximum Gasteiger partial charge on any atom is 0.407 e. The normalized spacial score (nSPS) is 17.0. The van der Waals surface area contributed by atoms with Crippen LogP contribution in [0.3, 0.4) is 0 Å². The zero-order valence-corrected chi connectivity index (χ0v) is 17.8. The van der Waals surface area contributed by atoms with E-state index in [0.29, 0.717) is 6.42 Å². The molecule has 0 saturated carbocycles. The minimum atomic E-state index is -1.85. The molecule has 4 rings (SSSR count). The van der Waals surface area contributed by atoms with E-state index in [4.69, 9.17) is 9.84 Å². The molecule has 2 aromatic rings. The van der Waals surface area contributed by atoms with Gasteiger partial charge in [-0.2, -0.15) is 0 Å². The molecule has 3 N–H and O–H groups in total. The van der Waals surface area contributed by atoms with Crippen LogP contribution < -0.4 is 5.32 Å². The van der Waals surface area contributed by atoms with Crippen molar-refractivity contribution in [1.29, 1.82) is 0 Å². The number of carbonyl (C=O) groups is 3. The number of nitrogens with zero attached hydrogens (tertiary/aromatic N) is 1. The van der Waals surface area contributed by atoms with E-state index in [-0.39, 0.29) is 44.0 Å². The van der Waals surface area contributed by atoms with Crippen molar-refractivity contribution in [2.75, 3.05) is 19.7 Å². The Bertz CT molecular complexity index is 1000. The number of hydrogen-bond acceptors (Lipinski definition) is 5. The van der Waals surface area contributed by atoms with E-state index in [9.17, 15) is 19.5 Å². The molecule has 2 amide bonds. The number of amides is 2. The Morgan fingerprint density at radius 3 is 2.22 bits per heavy atom. The third kappa shape index (κ3) is 4.18. The van der Waals surface area contributed by atoms with Crippen LogP contribution in [0.15, 0.2) is 48.5 Å². The molecule has 1 heterocycles. The lowest BCUT2D eigenvalue weighted by Gasteiger charge is -2.43. The molecule has 168 valence electrons. The number of hydrogen-bond donors (Lipinski definition) is 3. The maximum atomic E-state index is 12.3. The largest absolute Gasteiger partial charge is 0.479 e. The molecule has 8 heteroatoms. The zero-order chi connectivity index (χ0) is 22.9. The van der Waals surface area contributed by atoms with E-state index < -0.39 is 17.7 Å². The molecule has 1 aliphatic heterocycles. The third-order valence-corrected chi connectivity index (χ3v) is 6.15. The third-order valence-electron chi connectivity index (χ3n) is 6.15. The first-order valence-electron chi connectivity index (χ1n) is 10.6. The summed E-state index contributed by atoms with van der Waals surface area (Å²) in [6.45, 7) is 1.57. The van der Waals surface area contributed by atoms with Crippen molar-refractivity contribution >= 4 is 18.0 Å². The molecule has 1 saturated heterocycles. The molecule has 1 atom stereocenters. The van der Waals surface area contributed by atoms with Gasteiger partial charge in [-0.15, -0.1) is 0 Å². The maximum absolute atomic E-state index is 12.3. The Labute approximate surface area is 185 Å². The van der Waals surface area contributed by atoms with Crippen LogP contribution in [0.4, 0.5) is 4.79 Å². The van der Waals surface area contributed by atoms with Crippen molar-refractivity contribution in [3.63, 3.8) is 0 Å². The number of benzene rings is 2. The van der Waals surface area contributed by atoms with Crippen LogP contribution in [0.2, 0.25) is 0 Å². The summed E-state index contributed by atoms with van der Waals surface area (Å²) in [5.41, 5.74) is 2.74. The first-order valence-corrected chi connectivity index (χ1v) is 10.6. The van der Waals surface area contributed by atoms with Crippen LogP contribution in [-0.4, -0.2) is 64.4 Å². The van der Waals surface area contributed by atoms with Gasteiger partial charge in [-0.05, 0) is 35.6 Å². The summed E-state index contributed by atoms with van der Waals surface area (Å²) in [7, 11) is 0. The van der Waals surface area contributed by atoms with Crippen molar-refractivity contribution in [3.8, 4) is 11.1 Å². The number of fused-ring (bicyclic) bond motifs is 3. The van der Waals surface area contributed by atoms with Gasteiger partial charge >= 0.3 is 12.1 Å². The molecular formula is C24H26N2O6. The number of aliphatic hydroxyl groups is 1. The number of alkyl carbamates (subject to hydrolysis) is 1. The second-order valence-corrected chi connectivity index (χ2v) is 8.50. The van der Waals surface area contributed by atoms with Crippen LogP contribution in [0.1, 0.15) is 36.8 Å². The van der Waals surface area contributed by atoms with Crippen molar-refractivity contribution < 1.29 is 29.3 Å². The summed E-state index contributed by atoms with van der Waals surface area (Å²) in [6.07, 6.45) is -0.0260. The Morgan fingerprint density at radius 1 is 1.09 bits per heavy atom. The van der Waals surface area contributed by atoms with Crippen molar-refractivity contribution in [2.24, 2.45) is 0 Å². The second kappa shape index (κ2) is 8.63. The monoisotopic (exact) mass is 438 g/mol. The first-order chi connectivity index (χ1) is 15.3. The summed E-state index contributed by atoms with van der Waals surface area (Å²) in [5.74, 6) is -1.60. The number of rotatable bonds is 7. The van der Waals surface area contributed by atoms with Gasteiger partial charge in [0.15, 0.2) is 5.60 Å². The zero-order valence-electron chi connectivity index (χ0n) is 17.8. The van der Waals surface area contributed by atoms with Gasteiger partial charge in [0, 0.05) is 18.4 Å². The number of nitrogens with one attached hydrogen (secondary N) is 1. The predicted molar refractivity (Wildman–Crippen MR) is 116 cm³/mol. The fourth-order valence-electron chi connectivity index (χ4n) is 4.31. The summed E-state index contributed by atoms with van der Waals surface area (Å²) < 4.78 is 5.51. The molecule has 0 bridgehead atoms. The number of carbonyl (C=O) groups excluding carboxylic acids is 2. The highest BCUT2D eigenvalue weighted by Gasteiger charge is 2.49. The van der Waals surface area contributed by atoms with E-state index in [1.807, 2.05) is 24.3 Å². The quantitative estimate of drug-likeness (QED) is 0.611. The molecule has 0 radical (unpaired) electrons. The highest BCUT2D eigenvalue weighted by Crippen LogP contribution is 2.44.